The summed E-state index contributed by atoms with van der Waals surface area (Å²) in [6, 6.07) is 0. The number of methoxy groups -OCH3 is 1. The van der Waals surface area contributed by atoms with Crippen LogP contribution in [0.2, 0.25) is 0 Å². The first-order valence-corrected chi connectivity index (χ1v) is 7.91. The molecule has 1 fully saturated rings. The molecule has 6 heteroatoms. The summed E-state index contributed by atoms with van der Waals surface area (Å²) in [6.07, 6.45) is 4.27. The smallest absolute Gasteiger partial charge is 0.303 e. The molecule has 0 spiro atoms. The van der Waals surface area contributed by atoms with Crippen molar-refractivity contribution in [2.24, 2.45) is 0 Å². The van der Waals surface area contributed by atoms with Crippen molar-refractivity contribution in [1.29, 1.82) is 0 Å². The quantitative estimate of drug-likeness (QED) is 0.794. The number of carboxylic acids is 1. The van der Waals surface area contributed by atoms with E-state index < -0.39 is 5.97 Å². The molecule has 2 heterocycles. The van der Waals surface area contributed by atoms with E-state index in [0.717, 1.165) is 28.5 Å². The van der Waals surface area contributed by atoms with Gasteiger partial charge in [-0.3, -0.25) is 4.79 Å². The molecule has 0 amide bonds. The third-order valence-electron chi connectivity index (χ3n) is 3.51. The third kappa shape index (κ3) is 4.54. The second-order valence-corrected chi connectivity index (χ2v) is 6.27. The largest absolute Gasteiger partial charge is 0.481 e. The highest BCUT2D eigenvalue weighted by Crippen LogP contribution is 2.22. The van der Waals surface area contributed by atoms with Gasteiger partial charge in [0.1, 0.15) is 0 Å². The zero-order valence-corrected chi connectivity index (χ0v) is 12.7. The van der Waals surface area contributed by atoms with Gasteiger partial charge in [-0.15, -0.1) is 11.3 Å². The van der Waals surface area contributed by atoms with Crippen molar-refractivity contribution >= 4 is 17.3 Å². The number of carbonyl (C=O) groups is 1. The fraction of sp³-hybridized carbons (Fsp3) is 0.714. The van der Waals surface area contributed by atoms with Gasteiger partial charge in [-0.25, -0.2) is 4.98 Å². The SMILES string of the molecule is COCc1nc(CCN2CCCC2)sc1CCC(=O)O. The first-order valence-electron chi connectivity index (χ1n) is 7.09. The Morgan fingerprint density at radius 1 is 1.40 bits per heavy atom. The lowest BCUT2D eigenvalue weighted by Gasteiger charge is -2.12. The van der Waals surface area contributed by atoms with Gasteiger partial charge in [-0.05, 0) is 32.4 Å². The molecule has 0 atom stereocenters. The Morgan fingerprint density at radius 2 is 2.15 bits per heavy atom. The Hall–Kier alpha value is -0.980. The van der Waals surface area contributed by atoms with Gasteiger partial charge in [0, 0.05) is 25.0 Å². The first kappa shape index (κ1) is 15.4. The summed E-state index contributed by atoms with van der Waals surface area (Å²) >= 11 is 1.64. The standard InChI is InChI=1S/C14H22N2O3S/c1-19-10-11-12(4-5-14(17)18)20-13(15-11)6-9-16-7-2-3-8-16/h2-10H2,1H3,(H,17,18). The number of aliphatic carboxylic acids is 1. The molecule has 0 unspecified atom stereocenters. The number of aryl methyl sites for hydroxylation is 1. The predicted molar refractivity (Wildman–Crippen MR) is 78.2 cm³/mol. The van der Waals surface area contributed by atoms with E-state index in [1.165, 1.54) is 25.9 Å². The molecule has 0 saturated carbocycles. The van der Waals surface area contributed by atoms with Crippen molar-refractivity contribution in [3.8, 4) is 0 Å². The lowest BCUT2D eigenvalue weighted by Crippen LogP contribution is -2.21. The van der Waals surface area contributed by atoms with Gasteiger partial charge in [0.25, 0.3) is 0 Å². The topological polar surface area (TPSA) is 62.7 Å². The molecule has 1 N–H and O–H groups in total. The average molecular weight is 298 g/mol. The molecule has 0 radical (unpaired) electrons. The molecule has 0 bridgehead atoms. The minimum absolute atomic E-state index is 0.157. The van der Waals surface area contributed by atoms with Crippen LogP contribution < -0.4 is 0 Å². The van der Waals surface area contributed by atoms with E-state index in [-0.39, 0.29) is 6.42 Å². The highest BCUT2D eigenvalue weighted by Gasteiger charge is 2.15. The Labute approximate surface area is 123 Å². The highest BCUT2D eigenvalue weighted by atomic mass is 32.1. The number of carboxylic acid groups (broad SMARTS) is 1. The molecule has 20 heavy (non-hydrogen) atoms. The van der Waals surface area contributed by atoms with Crippen LogP contribution in [0.25, 0.3) is 0 Å². The number of aromatic nitrogens is 1. The van der Waals surface area contributed by atoms with Crippen LogP contribution in [0, 0.1) is 0 Å². The van der Waals surface area contributed by atoms with Crippen LogP contribution in [0.4, 0.5) is 0 Å². The number of hydrogen-bond acceptors (Lipinski definition) is 5. The number of nitrogens with zero attached hydrogens (tertiary/aromatic N) is 2. The molecule has 1 aliphatic heterocycles. The van der Waals surface area contributed by atoms with Gasteiger partial charge in [0.2, 0.25) is 0 Å². The first-order chi connectivity index (χ1) is 9.69. The third-order valence-corrected chi connectivity index (χ3v) is 4.73. The van der Waals surface area contributed by atoms with Gasteiger partial charge in [0.15, 0.2) is 0 Å². The van der Waals surface area contributed by atoms with E-state index in [1.807, 2.05) is 0 Å². The summed E-state index contributed by atoms with van der Waals surface area (Å²) in [6.45, 7) is 3.91. The summed E-state index contributed by atoms with van der Waals surface area (Å²) in [5.41, 5.74) is 0.912. The van der Waals surface area contributed by atoms with E-state index in [2.05, 4.69) is 9.88 Å². The Morgan fingerprint density at radius 3 is 2.80 bits per heavy atom. The van der Waals surface area contributed by atoms with Crippen LogP contribution in [0.15, 0.2) is 0 Å². The molecular formula is C14H22N2O3S. The van der Waals surface area contributed by atoms with Gasteiger partial charge < -0.3 is 14.7 Å². The minimum Gasteiger partial charge on any atom is -0.481 e. The fourth-order valence-corrected chi connectivity index (χ4v) is 3.53. The fourth-order valence-electron chi connectivity index (χ4n) is 2.47. The van der Waals surface area contributed by atoms with Crippen molar-refractivity contribution in [1.82, 2.24) is 9.88 Å². The van der Waals surface area contributed by atoms with Gasteiger partial charge >= 0.3 is 5.97 Å². The minimum atomic E-state index is -0.764. The van der Waals surface area contributed by atoms with E-state index in [0.29, 0.717) is 13.0 Å². The Balaban J connectivity index is 1.93. The summed E-state index contributed by atoms with van der Waals surface area (Å²) in [5.74, 6) is -0.764. The zero-order chi connectivity index (χ0) is 14.4. The Kier molecular flexibility index (Phi) is 5.94. The molecule has 0 aliphatic carbocycles. The van der Waals surface area contributed by atoms with Crippen molar-refractivity contribution in [3.63, 3.8) is 0 Å². The molecule has 5 nitrogen and oxygen atoms in total. The van der Waals surface area contributed by atoms with Crippen LogP contribution in [-0.4, -0.2) is 47.7 Å². The average Bonchev–Trinajstić information content (AvgIpc) is 3.04. The van der Waals surface area contributed by atoms with Crippen LogP contribution in [0.1, 0.15) is 34.8 Å². The van der Waals surface area contributed by atoms with E-state index in [4.69, 9.17) is 9.84 Å². The van der Waals surface area contributed by atoms with Crippen molar-refractivity contribution < 1.29 is 14.6 Å². The molecular weight excluding hydrogens is 276 g/mol. The van der Waals surface area contributed by atoms with Crippen LogP contribution in [0.5, 0.6) is 0 Å². The van der Waals surface area contributed by atoms with Crippen LogP contribution >= 0.6 is 11.3 Å². The molecule has 1 aromatic rings. The number of rotatable bonds is 8. The van der Waals surface area contributed by atoms with E-state index in [1.54, 1.807) is 18.4 Å². The molecule has 1 aromatic heterocycles. The summed E-state index contributed by atoms with van der Waals surface area (Å²) in [7, 11) is 1.64. The van der Waals surface area contributed by atoms with Crippen molar-refractivity contribution in [2.75, 3.05) is 26.7 Å². The van der Waals surface area contributed by atoms with E-state index >= 15 is 0 Å². The summed E-state index contributed by atoms with van der Waals surface area (Å²) in [5, 5.41) is 9.90. The second-order valence-electron chi connectivity index (χ2n) is 5.10. The normalized spacial score (nSPS) is 15.8. The maximum absolute atomic E-state index is 10.7. The molecule has 1 saturated heterocycles. The van der Waals surface area contributed by atoms with Gasteiger partial charge in [-0.2, -0.15) is 0 Å². The lowest BCUT2D eigenvalue weighted by atomic mass is 10.2. The van der Waals surface area contributed by atoms with Crippen molar-refractivity contribution in [3.05, 3.63) is 15.6 Å². The lowest BCUT2D eigenvalue weighted by molar-refractivity contribution is -0.136. The maximum Gasteiger partial charge on any atom is 0.303 e. The predicted octanol–water partition coefficient (Wildman–Crippen LogP) is 1.95. The van der Waals surface area contributed by atoms with Crippen LogP contribution in [0.3, 0.4) is 0 Å². The highest BCUT2D eigenvalue weighted by molar-refractivity contribution is 7.11. The van der Waals surface area contributed by atoms with E-state index in [9.17, 15) is 4.79 Å². The monoisotopic (exact) mass is 298 g/mol. The van der Waals surface area contributed by atoms with Gasteiger partial charge in [0.05, 0.1) is 23.7 Å². The number of ether oxygens (including phenoxy) is 1. The molecule has 0 aromatic carbocycles. The second kappa shape index (κ2) is 7.71. The summed E-state index contributed by atoms with van der Waals surface area (Å²) in [4.78, 5) is 18.8. The molecule has 1 aliphatic rings. The number of likely N-dealkylation sites (tertiary alicyclic amines) is 1. The Bertz CT molecular complexity index is 442. The maximum atomic E-state index is 10.7. The summed E-state index contributed by atoms with van der Waals surface area (Å²) < 4.78 is 5.15. The number of thiazole rings is 1. The zero-order valence-electron chi connectivity index (χ0n) is 11.9. The van der Waals surface area contributed by atoms with Crippen LogP contribution in [-0.2, 0) is 29.0 Å². The van der Waals surface area contributed by atoms with Gasteiger partial charge in [-0.1, -0.05) is 0 Å². The van der Waals surface area contributed by atoms with Crippen molar-refractivity contribution in [2.45, 2.75) is 38.7 Å². The molecule has 112 valence electrons. The number of hydrogen-bond donors (Lipinski definition) is 1. The molecule has 2 rings (SSSR count).